The lowest BCUT2D eigenvalue weighted by Crippen LogP contribution is -2.24. The van der Waals surface area contributed by atoms with E-state index in [1.807, 2.05) is 0 Å². The summed E-state index contributed by atoms with van der Waals surface area (Å²) in [5, 5.41) is 14.5. The molecule has 0 unspecified atom stereocenters. The van der Waals surface area contributed by atoms with Crippen LogP contribution in [0.4, 0.5) is 5.69 Å². The molecule has 0 amide bonds. The van der Waals surface area contributed by atoms with Gasteiger partial charge in [-0.15, -0.1) is 0 Å². The first-order chi connectivity index (χ1) is 8.99. The van der Waals surface area contributed by atoms with Crippen LogP contribution in [0, 0.1) is 10.1 Å². The third-order valence-corrected chi connectivity index (χ3v) is 4.32. The summed E-state index contributed by atoms with van der Waals surface area (Å²) in [5.41, 5.74) is 0.503. The number of non-ortho nitro benzene ring substituents is 1. The summed E-state index contributed by atoms with van der Waals surface area (Å²) in [6.45, 7) is 0.253. The molecule has 2 aromatic rings. The molecule has 0 bridgehead atoms. The average molecular weight is 389 g/mol. The zero-order valence-electron chi connectivity index (χ0n) is 9.42. The highest BCUT2D eigenvalue weighted by atomic mass is 79.9. The van der Waals surface area contributed by atoms with E-state index in [4.69, 9.17) is 0 Å². The van der Waals surface area contributed by atoms with E-state index in [2.05, 4.69) is 37.0 Å². The van der Waals surface area contributed by atoms with Gasteiger partial charge in [0.25, 0.3) is 11.2 Å². The van der Waals surface area contributed by atoms with E-state index in [0.717, 1.165) is 5.56 Å². The van der Waals surface area contributed by atoms with Gasteiger partial charge in [0.2, 0.25) is 0 Å². The smallest absolute Gasteiger partial charge is 0.266 e. The number of rotatable bonds is 3. The van der Waals surface area contributed by atoms with Crippen molar-refractivity contribution in [2.45, 2.75) is 6.54 Å². The summed E-state index contributed by atoms with van der Waals surface area (Å²) in [6, 6.07) is 5.99. The molecule has 0 aliphatic heterocycles. The summed E-state index contributed by atoms with van der Waals surface area (Å²) in [6.07, 6.45) is 1.51. The summed E-state index contributed by atoms with van der Waals surface area (Å²) in [5.74, 6) is 0. The number of nitro groups is 1. The maximum Gasteiger partial charge on any atom is 0.282 e. The topological polar surface area (TPSA) is 78.0 Å². The van der Waals surface area contributed by atoms with Crippen LogP contribution in [0.25, 0.3) is 0 Å². The SMILES string of the molecule is O=c1c(Br)c(Br)cnn1Cc1ccc([N+](=O)[O-])cc1. The van der Waals surface area contributed by atoms with E-state index in [9.17, 15) is 14.9 Å². The third kappa shape index (κ3) is 3.07. The van der Waals surface area contributed by atoms with Gasteiger partial charge >= 0.3 is 0 Å². The maximum atomic E-state index is 11.9. The molecule has 1 aromatic carbocycles. The van der Waals surface area contributed by atoms with Gasteiger partial charge in [-0.2, -0.15) is 5.10 Å². The molecule has 0 atom stereocenters. The first kappa shape index (κ1) is 13.9. The molecular formula is C11H7Br2N3O3. The molecule has 98 valence electrons. The van der Waals surface area contributed by atoms with Gasteiger partial charge in [0, 0.05) is 12.1 Å². The lowest BCUT2D eigenvalue weighted by Gasteiger charge is -2.05. The fourth-order valence-electron chi connectivity index (χ4n) is 1.45. The highest BCUT2D eigenvalue weighted by Gasteiger charge is 2.08. The summed E-state index contributed by atoms with van der Waals surface area (Å²) in [7, 11) is 0. The largest absolute Gasteiger partial charge is 0.282 e. The van der Waals surface area contributed by atoms with Crippen LogP contribution in [0.5, 0.6) is 0 Å². The Morgan fingerprint density at radius 2 is 1.89 bits per heavy atom. The van der Waals surface area contributed by atoms with Crippen LogP contribution in [0.1, 0.15) is 5.56 Å². The molecule has 1 heterocycles. The van der Waals surface area contributed by atoms with Gasteiger partial charge in [0.05, 0.1) is 22.1 Å². The van der Waals surface area contributed by atoms with Crippen LogP contribution in [-0.2, 0) is 6.54 Å². The quantitative estimate of drug-likeness (QED) is 0.598. The molecule has 0 fully saturated rings. The van der Waals surface area contributed by atoms with E-state index in [-0.39, 0.29) is 17.8 Å². The molecule has 1 aromatic heterocycles. The molecule has 6 nitrogen and oxygen atoms in total. The first-order valence-corrected chi connectivity index (χ1v) is 6.72. The van der Waals surface area contributed by atoms with E-state index in [0.29, 0.717) is 8.95 Å². The van der Waals surface area contributed by atoms with Gasteiger partial charge in [0.15, 0.2) is 0 Å². The molecule has 0 aliphatic carbocycles. The molecule has 0 N–H and O–H groups in total. The number of nitrogens with zero attached hydrogens (tertiary/aromatic N) is 3. The standard InChI is InChI=1S/C11H7Br2N3O3/c12-9-5-14-15(11(17)10(9)13)6-7-1-3-8(4-2-7)16(18)19/h1-5H,6H2. The predicted octanol–water partition coefficient (Wildman–Crippen LogP) is 2.72. The third-order valence-electron chi connectivity index (χ3n) is 2.42. The maximum absolute atomic E-state index is 11.9. The predicted molar refractivity (Wildman–Crippen MR) is 76.1 cm³/mol. The van der Waals surface area contributed by atoms with Crippen molar-refractivity contribution in [2.75, 3.05) is 0 Å². The Morgan fingerprint density at radius 1 is 1.26 bits per heavy atom. The fourth-order valence-corrected chi connectivity index (χ4v) is 2.02. The van der Waals surface area contributed by atoms with Crippen molar-refractivity contribution in [1.82, 2.24) is 9.78 Å². The molecule has 8 heteroatoms. The normalized spacial score (nSPS) is 10.4. The van der Waals surface area contributed by atoms with Crippen molar-refractivity contribution >= 4 is 37.5 Å². The summed E-state index contributed by atoms with van der Waals surface area (Å²) < 4.78 is 2.25. The van der Waals surface area contributed by atoms with E-state index in [1.165, 1.54) is 23.0 Å². The van der Waals surface area contributed by atoms with Crippen molar-refractivity contribution in [2.24, 2.45) is 0 Å². The van der Waals surface area contributed by atoms with Crippen LogP contribution < -0.4 is 5.56 Å². The molecule has 0 radical (unpaired) electrons. The number of aromatic nitrogens is 2. The van der Waals surface area contributed by atoms with Crippen LogP contribution in [-0.4, -0.2) is 14.7 Å². The van der Waals surface area contributed by atoms with Gasteiger partial charge in [-0.25, -0.2) is 4.68 Å². The number of nitro benzene ring substituents is 1. The lowest BCUT2D eigenvalue weighted by molar-refractivity contribution is -0.384. The zero-order valence-corrected chi connectivity index (χ0v) is 12.6. The molecule has 0 saturated carbocycles. The Morgan fingerprint density at radius 3 is 2.47 bits per heavy atom. The first-order valence-electron chi connectivity index (χ1n) is 5.13. The second-order valence-corrected chi connectivity index (χ2v) is 5.34. The van der Waals surface area contributed by atoms with Gasteiger partial charge in [-0.1, -0.05) is 12.1 Å². The molecule has 0 aliphatic rings. The number of benzene rings is 1. The fraction of sp³-hybridized carbons (Fsp3) is 0.0909. The summed E-state index contributed by atoms with van der Waals surface area (Å²) in [4.78, 5) is 21.9. The Hall–Kier alpha value is -1.54. The van der Waals surface area contributed by atoms with E-state index < -0.39 is 4.92 Å². The Bertz CT molecular complexity index is 683. The van der Waals surface area contributed by atoms with E-state index >= 15 is 0 Å². The average Bonchev–Trinajstić information content (AvgIpc) is 2.40. The van der Waals surface area contributed by atoms with Crippen LogP contribution in [0.2, 0.25) is 0 Å². The lowest BCUT2D eigenvalue weighted by atomic mass is 10.2. The molecule has 0 spiro atoms. The minimum Gasteiger partial charge on any atom is -0.266 e. The van der Waals surface area contributed by atoms with Crippen LogP contribution >= 0.6 is 31.9 Å². The van der Waals surface area contributed by atoms with Crippen molar-refractivity contribution in [3.05, 3.63) is 65.4 Å². The van der Waals surface area contributed by atoms with Gasteiger partial charge in [-0.05, 0) is 37.4 Å². The van der Waals surface area contributed by atoms with Crippen molar-refractivity contribution < 1.29 is 4.92 Å². The van der Waals surface area contributed by atoms with Crippen molar-refractivity contribution in [1.29, 1.82) is 0 Å². The minimum absolute atomic E-state index is 0.0149. The molecule has 19 heavy (non-hydrogen) atoms. The Labute approximate surface area is 124 Å². The van der Waals surface area contributed by atoms with Crippen molar-refractivity contribution in [3.63, 3.8) is 0 Å². The van der Waals surface area contributed by atoms with Crippen molar-refractivity contribution in [3.8, 4) is 0 Å². The number of hydrogen-bond acceptors (Lipinski definition) is 4. The number of halogens is 2. The summed E-state index contributed by atoms with van der Waals surface area (Å²) >= 11 is 6.36. The van der Waals surface area contributed by atoms with Gasteiger partial charge < -0.3 is 0 Å². The van der Waals surface area contributed by atoms with Gasteiger partial charge in [-0.3, -0.25) is 14.9 Å². The second kappa shape index (κ2) is 5.62. The minimum atomic E-state index is -0.468. The highest BCUT2D eigenvalue weighted by Crippen LogP contribution is 2.17. The molecule has 0 saturated heterocycles. The monoisotopic (exact) mass is 387 g/mol. The van der Waals surface area contributed by atoms with Crippen LogP contribution in [0.3, 0.4) is 0 Å². The van der Waals surface area contributed by atoms with Gasteiger partial charge in [0.1, 0.15) is 4.47 Å². The second-order valence-electron chi connectivity index (χ2n) is 3.69. The highest BCUT2D eigenvalue weighted by molar-refractivity contribution is 9.13. The molecule has 2 rings (SSSR count). The van der Waals surface area contributed by atoms with Crippen LogP contribution in [0.15, 0.2) is 44.2 Å². The zero-order chi connectivity index (χ0) is 14.0. The van der Waals surface area contributed by atoms with E-state index in [1.54, 1.807) is 12.1 Å². The molecular weight excluding hydrogens is 382 g/mol. The number of hydrogen-bond donors (Lipinski definition) is 0. The Balaban J connectivity index is 2.29. The Kier molecular flexibility index (Phi) is 4.11.